The van der Waals surface area contributed by atoms with Crippen LogP contribution < -0.4 is 9.64 Å². The Morgan fingerprint density at radius 3 is 2.70 bits per heavy atom. The van der Waals surface area contributed by atoms with E-state index in [9.17, 15) is 5.11 Å². The van der Waals surface area contributed by atoms with Crippen LogP contribution in [0.15, 0.2) is 36.4 Å². The fourth-order valence-corrected chi connectivity index (χ4v) is 4.56. The molecule has 3 aromatic rings. The molecule has 0 aliphatic carbocycles. The first-order valence-electron chi connectivity index (χ1n) is 11.0. The van der Waals surface area contributed by atoms with Gasteiger partial charge in [-0.1, -0.05) is 19.1 Å². The van der Waals surface area contributed by atoms with Gasteiger partial charge in [0.2, 0.25) is 0 Å². The number of rotatable bonds is 6. The Balaban J connectivity index is 1.40. The van der Waals surface area contributed by atoms with Crippen LogP contribution in [0.1, 0.15) is 31.7 Å². The van der Waals surface area contributed by atoms with Crippen LogP contribution in [-0.2, 0) is 11.2 Å². The standard InChI is InChI=1S/C24H29N3O3/c1-2-16-11-22-23(26-24(25-22)30-20-12-19(14-28)29-15-20)13-21(16)17-5-7-18(8-6-17)27-9-3-4-10-27/h5-8,11,13,19-20,28H,2-4,9-10,12,14-15H2,1H3,(H,25,26)/t19-,20-/m0/s1. The average molecular weight is 408 g/mol. The van der Waals surface area contributed by atoms with Crippen LogP contribution >= 0.6 is 0 Å². The first-order chi connectivity index (χ1) is 14.7. The maximum atomic E-state index is 9.23. The van der Waals surface area contributed by atoms with Crippen molar-refractivity contribution < 1.29 is 14.6 Å². The number of imidazole rings is 1. The molecule has 2 aromatic carbocycles. The number of aliphatic hydroxyl groups is 1. The molecule has 0 saturated carbocycles. The fraction of sp³-hybridized carbons (Fsp3) is 0.458. The first-order valence-corrected chi connectivity index (χ1v) is 11.0. The van der Waals surface area contributed by atoms with Gasteiger partial charge in [0, 0.05) is 25.2 Å². The lowest BCUT2D eigenvalue weighted by Gasteiger charge is -2.18. The summed E-state index contributed by atoms with van der Waals surface area (Å²) in [4.78, 5) is 10.4. The summed E-state index contributed by atoms with van der Waals surface area (Å²) in [6, 6.07) is 13.8. The molecule has 6 nitrogen and oxygen atoms in total. The minimum Gasteiger partial charge on any atom is -0.459 e. The summed E-state index contributed by atoms with van der Waals surface area (Å²) in [7, 11) is 0. The zero-order valence-electron chi connectivity index (χ0n) is 17.4. The second-order valence-corrected chi connectivity index (χ2v) is 8.28. The topological polar surface area (TPSA) is 70.6 Å². The second kappa shape index (κ2) is 8.28. The molecule has 0 bridgehead atoms. The molecular weight excluding hydrogens is 378 g/mol. The number of anilines is 1. The summed E-state index contributed by atoms with van der Waals surface area (Å²) >= 11 is 0. The highest BCUT2D eigenvalue weighted by Gasteiger charge is 2.27. The predicted molar refractivity (Wildman–Crippen MR) is 118 cm³/mol. The molecular formula is C24H29N3O3. The lowest BCUT2D eigenvalue weighted by Crippen LogP contribution is -2.17. The Labute approximate surface area is 176 Å². The summed E-state index contributed by atoms with van der Waals surface area (Å²) in [5, 5.41) is 9.23. The van der Waals surface area contributed by atoms with Gasteiger partial charge in [0.05, 0.1) is 30.4 Å². The largest absolute Gasteiger partial charge is 0.459 e. The second-order valence-electron chi connectivity index (χ2n) is 8.28. The Bertz CT molecular complexity index is 1010. The number of nitrogens with zero attached hydrogens (tertiary/aromatic N) is 2. The average Bonchev–Trinajstić information content (AvgIpc) is 3.53. The molecule has 30 heavy (non-hydrogen) atoms. The van der Waals surface area contributed by atoms with E-state index in [-0.39, 0.29) is 18.8 Å². The van der Waals surface area contributed by atoms with Crippen molar-refractivity contribution in [1.29, 1.82) is 0 Å². The van der Waals surface area contributed by atoms with Gasteiger partial charge in [-0.3, -0.25) is 0 Å². The first kappa shape index (κ1) is 19.4. The SMILES string of the molecule is CCc1cc2[nH]c(O[C@@H]3CO[C@H](CO)C3)nc2cc1-c1ccc(N2CCCC2)cc1. The maximum absolute atomic E-state index is 9.23. The van der Waals surface area contributed by atoms with E-state index in [1.165, 1.54) is 35.2 Å². The molecule has 2 aliphatic heterocycles. The van der Waals surface area contributed by atoms with Crippen LogP contribution in [0.25, 0.3) is 22.2 Å². The number of aliphatic hydroxyl groups excluding tert-OH is 1. The van der Waals surface area contributed by atoms with Gasteiger partial charge in [0.1, 0.15) is 6.10 Å². The number of hydrogen-bond acceptors (Lipinski definition) is 5. The maximum Gasteiger partial charge on any atom is 0.294 e. The summed E-state index contributed by atoms with van der Waals surface area (Å²) in [6.45, 7) is 5.01. The molecule has 2 N–H and O–H groups in total. The van der Waals surface area contributed by atoms with Crippen LogP contribution in [0, 0.1) is 0 Å². The smallest absolute Gasteiger partial charge is 0.294 e. The molecule has 2 saturated heterocycles. The van der Waals surface area contributed by atoms with E-state index >= 15 is 0 Å². The van der Waals surface area contributed by atoms with Crippen LogP contribution in [-0.4, -0.2) is 53.6 Å². The molecule has 0 spiro atoms. The Morgan fingerprint density at radius 2 is 2.00 bits per heavy atom. The van der Waals surface area contributed by atoms with Crippen LogP contribution in [0.2, 0.25) is 0 Å². The number of aryl methyl sites for hydroxylation is 1. The highest BCUT2D eigenvalue weighted by atomic mass is 16.6. The molecule has 158 valence electrons. The molecule has 5 rings (SSSR count). The van der Waals surface area contributed by atoms with Gasteiger partial charge in [-0.15, -0.1) is 0 Å². The van der Waals surface area contributed by atoms with Gasteiger partial charge < -0.3 is 24.5 Å². The third-order valence-corrected chi connectivity index (χ3v) is 6.24. The fourth-order valence-electron chi connectivity index (χ4n) is 4.56. The van der Waals surface area contributed by atoms with Crippen molar-refractivity contribution in [1.82, 2.24) is 9.97 Å². The van der Waals surface area contributed by atoms with Gasteiger partial charge in [-0.2, -0.15) is 4.98 Å². The number of fused-ring (bicyclic) bond motifs is 1. The van der Waals surface area contributed by atoms with E-state index in [0.29, 0.717) is 19.0 Å². The summed E-state index contributed by atoms with van der Waals surface area (Å²) < 4.78 is 11.5. The summed E-state index contributed by atoms with van der Waals surface area (Å²) in [5.41, 5.74) is 6.93. The van der Waals surface area contributed by atoms with Crippen molar-refractivity contribution in [3.05, 3.63) is 42.0 Å². The number of nitrogens with one attached hydrogen (secondary N) is 1. The van der Waals surface area contributed by atoms with Gasteiger partial charge in [-0.25, -0.2) is 0 Å². The number of H-pyrrole nitrogens is 1. The Kier molecular flexibility index (Phi) is 5.35. The van der Waals surface area contributed by atoms with Gasteiger partial charge in [0.25, 0.3) is 6.01 Å². The molecule has 3 heterocycles. The van der Waals surface area contributed by atoms with Crippen molar-refractivity contribution in [2.45, 2.75) is 44.8 Å². The molecule has 0 amide bonds. The van der Waals surface area contributed by atoms with E-state index in [4.69, 9.17) is 9.47 Å². The zero-order chi connectivity index (χ0) is 20.5. The zero-order valence-corrected chi connectivity index (χ0v) is 17.4. The van der Waals surface area contributed by atoms with Crippen molar-refractivity contribution in [2.24, 2.45) is 0 Å². The van der Waals surface area contributed by atoms with Gasteiger partial charge >= 0.3 is 0 Å². The normalized spacial score (nSPS) is 21.6. The van der Waals surface area contributed by atoms with Gasteiger partial charge in [0.15, 0.2) is 0 Å². The summed E-state index contributed by atoms with van der Waals surface area (Å²) in [6.07, 6.45) is 3.99. The van der Waals surface area contributed by atoms with E-state index in [2.05, 4.69) is 58.2 Å². The quantitative estimate of drug-likeness (QED) is 0.648. The predicted octanol–water partition coefficient (Wildman–Crippen LogP) is 3.92. The minimum absolute atomic E-state index is 0.0275. The highest BCUT2D eigenvalue weighted by Crippen LogP contribution is 2.32. The summed E-state index contributed by atoms with van der Waals surface area (Å²) in [5.74, 6) is 0. The Morgan fingerprint density at radius 1 is 1.20 bits per heavy atom. The van der Waals surface area contributed by atoms with Gasteiger partial charge in [-0.05, 0) is 60.2 Å². The van der Waals surface area contributed by atoms with E-state index in [0.717, 1.165) is 30.5 Å². The lowest BCUT2D eigenvalue weighted by molar-refractivity contribution is 0.0528. The number of benzene rings is 2. The van der Waals surface area contributed by atoms with Crippen molar-refractivity contribution in [3.63, 3.8) is 0 Å². The minimum atomic E-state index is -0.138. The molecule has 0 unspecified atom stereocenters. The molecule has 1 aromatic heterocycles. The molecule has 2 aliphatic rings. The van der Waals surface area contributed by atoms with E-state index < -0.39 is 0 Å². The number of ether oxygens (including phenoxy) is 2. The van der Waals surface area contributed by atoms with Crippen molar-refractivity contribution >= 4 is 16.7 Å². The number of hydrogen-bond donors (Lipinski definition) is 2. The van der Waals surface area contributed by atoms with Crippen LogP contribution in [0.5, 0.6) is 6.01 Å². The van der Waals surface area contributed by atoms with Crippen LogP contribution in [0.3, 0.4) is 0 Å². The van der Waals surface area contributed by atoms with E-state index in [1.54, 1.807) is 0 Å². The number of aromatic amines is 1. The van der Waals surface area contributed by atoms with E-state index in [1.807, 2.05) is 0 Å². The molecule has 2 fully saturated rings. The molecule has 6 heteroatoms. The van der Waals surface area contributed by atoms with Crippen molar-refractivity contribution in [3.8, 4) is 17.1 Å². The number of aromatic nitrogens is 2. The molecule has 0 radical (unpaired) electrons. The third-order valence-electron chi connectivity index (χ3n) is 6.24. The lowest BCUT2D eigenvalue weighted by atomic mass is 9.97. The van der Waals surface area contributed by atoms with Crippen molar-refractivity contribution in [2.75, 3.05) is 31.2 Å². The van der Waals surface area contributed by atoms with Crippen LogP contribution in [0.4, 0.5) is 5.69 Å². The Hall–Kier alpha value is -2.57. The monoisotopic (exact) mass is 407 g/mol. The molecule has 2 atom stereocenters. The highest BCUT2D eigenvalue weighted by molar-refractivity contribution is 5.85. The third kappa shape index (κ3) is 3.77.